The topological polar surface area (TPSA) is 50.3 Å². The van der Waals surface area contributed by atoms with Crippen LogP contribution in [0.3, 0.4) is 0 Å². The number of aromatic nitrogens is 1. The van der Waals surface area contributed by atoms with Crippen molar-refractivity contribution >= 4 is 17.4 Å². The van der Waals surface area contributed by atoms with Gasteiger partial charge in [0.15, 0.2) is 5.78 Å². The highest BCUT2D eigenvalue weighted by molar-refractivity contribution is 6.07. The van der Waals surface area contributed by atoms with Crippen LogP contribution in [0.15, 0.2) is 116 Å². The van der Waals surface area contributed by atoms with Gasteiger partial charge in [0.2, 0.25) is 0 Å². The summed E-state index contributed by atoms with van der Waals surface area (Å²) >= 11 is 0. The lowest BCUT2D eigenvalue weighted by atomic mass is 9.95. The summed E-state index contributed by atoms with van der Waals surface area (Å²) in [6.07, 6.45) is 3.35. The number of carbonyl (C=O) groups excluding carboxylic acids is 2. The number of carbonyl (C=O) groups is 2. The highest BCUT2D eigenvalue weighted by Crippen LogP contribution is 2.32. The monoisotopic (exact) mass is 406 g/mol. The number of hydrogen-bond donors (Lipinski definition) is 0. The summed E-state index contributed by atoms with van der Waals surface area (Å²) in [4.78, 5) is 32.6. The zero-order valence-electron chi connectivity index (χ0n) is 17.0. The van der Waals surface area contributed by atoms with Crippen molar-refractivity contribution in [3.05, 3.63) is 132 Å². The van der Waals surface area contributed by atoms with Crippen molar-refractivity contribution in [2.24, 2.45) is 0 Å². The molecule has 0 saturated heterocycles. The molecular weight excluding hydrogens is 384 g/mol. The van der Waals surface area contributed by atoms with Crippen molar-refractivity contribution in [3.8, 4) is 0 Å². The van der Waals surface area contributed by atoms with Crippen LogP contribution in [0.4, 0.5) is 5.69 Å². The van der Waals surface area contributed by atoms with Crippen LogP contribution in [0.5, 0.6) is 0 Å². The first-order valence-electron chi connectivity index (χ1n) is 10.2. The fraction of sp³-hybridized carbons (Fsp3) is 0.0741. The fourth-order valence-electron chi connectivity index (χ4n) is 3.61. The molecule has 31 heavy (non-hydrogen) atoms. The van der Waals surface area contributed by atoms with E-state index in [1.165, 1.54) is 0 Å². The maximum Gasteiger partial charge on any atom is 0.260 e. The predicted octanol–water partition coefficient (Wildman–Crippen LogP) is 5.74. The van der Waals surface area contributed by atoms with Crippen LogP contribution in [0.25, 0.3) is 0 Å². The number of ketones is 1. The van der Waals surface area contributed by atoms with Gasteiger partial charge in [-0.1, -0.05) is 78.9 Å². The van der Waals surface area contributed by atoms with Gasteiger partial charge in [-0.25, -0.2) is 0 Å². The van der Waals surface area contributed by atoms with Gasteiger partial charge in [-0.3, -0.25) is 14.6 Å². The summed E-state index contributed by atoms with van der Waals surface area (Å²) in [5, 5.41) is 0. The van der Waals surface area contributed by atoms with E-state index in [1.54, 1.807) is 41.6 Å². The summed E-state index contributed by atoms with van der Waals surface area (Å²) in [6.45, 7) is 0. The molecule has 0 spiro atoms. The van der Waals surface area contributed by atoms with Crippen molar-refractivity contribution in [1.82, 2.24) is 4.98 Å². The molecule has 0 N–H and O–H groups in total. The van der Waals surface area contributed by atoms with E-state index in [0.29, 0.717) is 11.1 Å². The molecule has 1 amide bonds. The number of Topliss-reactive ketones (excluding diaryl/α,β-unsaturated/α-hetero) is 1. The molecule has 0 radical (unpaired) electrons. The van der Waals surface area contributed by atoms with Gasteiger partial charge in [-0.05, 0) is 29.8 Å². The lowest BCUT2D eigenvalue weighted by Gasteiger charge is -2.32. The van der Waals surface area contributed by atoms with E-state index < -0.39 is 6.04 Å². The third-order valence-electron chi connectivity index (χ3n) is 5.13. The van der Waals surface area contributed by atoms with Crippen molar-refractivity contribution in [3.63, 3.8) is 0 Å². The number of nitrogens with zero attached hydrogens (tertiary/aromatic N) is 2. The number of benzene rings is 3. The van der Waals surface area contributed by atoms with Gasteiger partial charge in [0.05, 0.1) is 11.6 Å². The van der Waals surface area contributed by atoms with Gasteiger partial charge >= 0.3 is 0 Å². The SMILES string of the molecule is O=C(CC(c1ccccc1)N(C(=O)c1cccnc1)c1ccccc1)c1ccccc1. The molecule has 1 unspecified atom stereocenters. The first-order chi connectivity index (χ1) is 15.2. The zero-order chi connectivity index (χ0) is 21.5. The summed E-state index contributed by atoms with van der Waals surface area (Å²) in [6, 6.07) is 31.3. The van der Waals surface area contributed by atoms with E-state index in [9.17, 15) is 9.59 Å². The van der Waals surface area contributed by atoms with Gasteiger partial charge in [0.1, 0.15) is 0 Å². The summed E-state index contributed by atoms with van der Waals surface area (Å²) < 4.78 is 0. The number of amides is 1. The molecule has 4 nitrogen and oxygen atoms in total. The number of anilines is 1. The molecule has 4 aromatic rings. The van der Waals surface area contributed by atoms with Crippen LogP contribution in [0, 0.1) is 0 Å². The first-order valence-corrected chi connectivity index (χ1v) is 10.2. The highest BCUT2D eigenvalue weighted by Gasteiger charge is 2.30. The largest absolute Gasteiger partial charge is 0.300 e. The van der Waals surface area contributed by atoms with Gasteiger partial charge in [0, 0.05) is 30.1 Å². The summed E-state index contributed by atoms with van der Waals surface area (Å²) in [5.74, 6) is -0.219. The number of hydrogen-bond acceptors (Lipinski definition) is 3. The Bertz CT molecular complexity index is 1130. The maximum atomic E-state index is 13.7. The van der Waals surface area contributed by atoms with Crippen LogP contribution in [-0.4, -0.2) is 16.7 Å². The molecular formula is C27H22N2O2. The van der Waals surface area contributed by atoms with Gasteiger partial charge < -0.3 is 4.90 Å². The van der Waals surface area contributed by atoms with Gasteiger partial charge in [0.25, 0.3) is 5.91 Å². The number of para-hydroxylation sites is 1. The molecule has 0 saturated carbocycles. The number of rotatable bonds is 7. The van der Waals surface area contributed by atoms with Gasteiger partial charge in [-0.2, -0.15) is 0 Å². The van der Waals surface area contributed by atoms with Crippen LogP contribution in [0.2, 0.25) is 0 Å². The Balaban J connectivity index is 1.80. The molecule has 0 bridgehead atoms. The van der Waals surface area contributed by atoms with Crippen LogP contribution >= 0.6 is 0 Å². The second-order valence-corrected chi connectivity index (χ2v) is 7.17. The second kappa shape index (κ2) is 9.63. The molecule has 4 heteroatoms. The Hall–Kier alpha value is -4.05. The lowest BCUT2D eigenvalue weighted by molar-refractivity contribution is 0.0946. The minimum absolute atomic E-state index is 0.0191. The normalized spacial score (nSPS) is 11.5. The maximum absolute atomic E-state index is 13.7. The van der Waals surface area contributed by atoms with Crippen molar-refractivity contribution in [2.75, 3.05) is 4.90 Å². The molecule has 3 aromatic carbocycles. The zero-order valence-corrected chi connectivity index (χ0v) is 17.0. The molecule has 0 aliphatic carbocycles. The fourth-order valence-corrected chi connectivity index (χ4v) is 3.61. The van der Waals surface area contributed by atoms with Crippen LogP contribution in [0.1, 0.15) is 38.7 Å². The predicted molar refractivity (Wildman–Crippen MR) is 122 cm³/mol. The van der Waals surface area contributed by atoms with Crippen molar-refractivity contribution in [1.29, 1.82) is 0 Å². The molecule has 1 heterocycles. The Morgan fingerprint density at radius 2 is 1.29 bits per heavy atom. The lowest BCUT2D eigenvalue weighted by Crippen LogP contribution is -2.36. The van der Waals surface area contributed by atoms with E-state index in [2.05, 4.69) is 4.98 Å². The average molecular weight is 406 g/mol. The van der Waals surface area contributed by atoms with Crippen molar-refractivity contribution < 1.29 is 9.59 Å². The quantitative estimate of drug-likeness (QED) is 0.368. The molecule has 0 aliphatic heterocycles. The van der Waals surface area contributed by atoms with E-state index in [4.69, 9.17) is 0 Å². The average Bonchev–Trinajstić information content (AvgIpc) is 2.85. The second-order valence-electron chi connectivity index (χ2n) is 7.17. The van der Waals surface area contributed by atoms with Gasteiger partial charge in [-0.15, -0.1) is 0 Å². The Kier molecular flexibility index (Phi) is 6.29. The molecule has 152 valence electrons. The minimum Gasteiger partial charge on any atom is -0.300 e. The first kappa shape index (κ1) is 20.2. The minimum atomic E-state index is -0.469. The molecule has 4 rings (SSSR count). The number of pyridine rings is 1. The van der Waals surface area contributed by atoms with E-state index in [-0.39, 0.29) is 18.1 Å². The van der Waals surface area contributed by atoms with E-state index in [0.717, 1.165) is 11.3 Å². The van der Waals surface area contributed by atoms with Crippen molar-refractivity contribution in [2.45, 2.75) is 12.5 Å². The Morgan fingerprint density at radius 3 is 1.90 bits per heavy atom. The third-order valence-corrected chi connectivity index (χ3v) is 5.13. The highest BCUT2D eigenvalue weighted by atomic mass is 16.2. The molecule has 1 aromatic heterocycles. The molecule has 1 atom stereocenters. The third kappa shape index (κ3) is 4.75. The van der Waals surface area contributed by atoms with E-state index in [1.807, 2.05) is 78.9 Å². The molecule has 0 aliphatic rings. The van der Waals surface area contributed by atoms with Crippen LogP contribution in [-0.2, 0) is 0 Å². The summed E-state index contributed by atoms with van der Waals surface area (Å²) in [7, 11) is 0. The smallest absolute Gasteiger partial charge is 0.260 e. The standard InChI is InChI=1S/C27H22N2O2/c30-26(22-13-6-2-7-14-22)19-25(21-11-4-1-5-12-21)29(24-16-8-3-9-17-24)27(31)23-15-10-18-28-20-23/h1-18,20,25H,19H2. The van der Waals surface area contributed by atoms with Crippen LogP contribution < -0.4 is 4.90 Å². The summed E-state index contributed by atoms with van der Waals surface area (Å²) in [5.41, 5.74) is 2.73. The molecule has 0 fully saturated rings. The Morgan fingerprint density at radius 1 is 0.710 bits per heavy atom. The Labute approximate surface area is 181 Å². The van der Waals surface area contributed by atoms with E-state index >= 15 is 0 Å².